The zero-order valence-electron chi connectivity index (χ0n) is 17.8. The number of benzene rings is 2. The molecule has 0 radical (unpaired) electrons. The lowest BCUT2D eigenvalue weighted by Gasteiger charge is -2.30. The molecule has 0 aromatic heterocycles. The average Bonchev–Trinajstić information content (AvgIpc) is 2.79. The molecule has 0 aliphatic rings. The van der Waals surface area contributed by atoms with Crippen LogP contribution in [0.4, 0.5) is 0 Å². The third-order valence-corrected chi connectivity index (χ3v) is 4.81. The number of carbonyl (C=O) groups excluding carboxylic acids is 1. The molecule has 1 N–H and O–H groups in total. The molecular formula is C24H29N3O3. The molecule has 2 aromatic carbocycles. The van der Waals surface area contributed by atoms with Crippen LogP contribution in [0.15, 0.2) is 54.6 Å². The van der Waals surface area contributed by atoms with Gasteiger partial charge in [-0.15, -0.1) is 0 Å². The lowest BCUT2D eigenvalue weighted by molar-refractivity contribution is -0.116. The first-order valence-corrected chi connectivity index (χ1v) is 10.0. The van der Waals surface area contributed by atoms with Gasteiger partial charge in [-0.25, -0.2) is 0 Å². The first kappa shape index (κ1) is 23.0. The maximum absolute atomic E-state index is 12.4. The van der Waals surface area contributed by atoms with Crippen molar-refractivity contribution in [3.05, 3.63) is 65.7 Å². The fourth-order valence-electron chi connectivity index (χ4n) is 3.19. The minimum Gasteiger partial charge on any atom is -0.497 e. The number of likely N-dealkylation sites (N-methyl/N-ethyl adjacent to an activating group) is 1. The lowest BCUT2D eigenvalue weighted by Crippen LogP contribution is -2.37. The Morgan fingerprint density at radius 1 is 1.17 bits per heavy atom. The minimum absolute atomic E-state index is 0.0125. The molecule has 1 atom stereocenters. The molecule has 1 amide bonds. The molecule has 6 nitrogen and oxygen atoms in total. The van der Waals surface area contributed by atoms with Gasteiger partial charge in [-0.2, -0.15) is 5.26 Å². The van der Waals surface area contributed by atoms with Gasteiger partial charge in [0.2, 0.25) is 5.91 Å². The van der Waals surface area contributed by atoms with E-state index in [1.807, 2.05) is 36.4 Å². The van der Waals surface area contributed by atoms with E-state index >= 15 is 0 Å². The molecule has 6 heteroatoms. The topological polar surface area (TPSA) is 74.6 Å². The number of ether oxygens (including phenoxy) is 2. The van der Waals surface area contributed by atoms with Gasteiger partial charge in [0, 0.05) is 12.6 Å². The van der Waals surface area contributed by atoms with E-state index in [2.05, 4.69) is 30.1 Å². The summed E-state index contributed by atoms with van der Waals surface area (Å²) in [6, 6.07) is 17.2. The first-order chi connectivity index (χ1) is 14.6. The van der Waals surface area contributed by atoms with Crippen molar-refractivity contribution in [2.45, 2.75) is 19.9 Å². The van der Waals surface area contributed by atoms with E-state index in [1.165, 1.54) is 6.08 Å². The van der Waals surface area contributed by atoms with Gasteiger partial charge in [0.1, 0.15) is 17.6 Å². The van der Waals surface area contributed by atoms with Crippen molar-refractivity contribution in [2.24, 2.45) is 0 Å². The Morgan fingerprint density at radius 3 is 2.53 bits per heavy atom. The Kier molecular flexibility index (Phi) is 9.43. The molecule has 0 spiro atoms. The van der Waals surface area contributed by atoms with Crippen molar-refractivity contribution in [3.8, 4) is 17.6 Å². The van der Waals surface area contributed by atoms with Gasteiger partial charge in [-0.05, 0) is 54.6 Å². The number of hydrogen-bond acceptors (Lipinski definition) is 5. The average molecular weight is 408 g/mol. The van der Waals surface area contributed by atoms with Crippen LogP contribution in [0.2, 0.25) is 0 Å². The lowest BCUT2D eigenvalue weighted by atomic mass is 10.0. The highest BCUT2D eigenvalue weighted by Crippen LogP contribution is 2.23. The minimum atomic E-state index is -0.153. The molecule has 0 heterocycles. The highest BCUT2D eigenvalue weighted by atomic mass is 16.5. The number of nitrogens with one attached hydrogen (secondary N) is 1. The molecule has 0 bridgehead atoms. The third kappa shape index (κ3) is 6.94. The maximum atomic E-state index is 12.4. The smallest absolute Gasteiger partial charge is 0.244 e. The molecule has 0 aliphatic carbocycles. The second-order valence-corrected chi connectivity index (χ2v) is 6.61. The molecule has 0 fully saturated rings. The van der Waals surface area contributed by atoms with Crippen molar-refractivity contribution < 1.29 is 14.3 Å². The molecule has 0 saturated heterocycles. The summed E-state index contributed by atoms with van der Waals surface area (Å²) in [6.45, 7) is 6.50. The number of rotatable bonds is 11. The maximum Gasteiger partial charge on any atom is 0.244 e. The number of amides is 1. The van der Waals surface area contributed by atoms with Gasteiger partial charge < -0.3 is 14.8 Å². The summed E-state index contributed by atoms with van der Waals surface area (Å²) in [4.78, 5) is 14.7. The Morgan fingerprint density at radius 2 is 1.90 bits per heavy atom. The summed E-state index contributed by atoms with van der Waals surface area (Å²) in [5, 5.41) is 11.6. The fourth-order valence-corrected chi connectivity index (χ4v) is 3.19. The normalized spacial score (nSPS) is 11.8. The molecule has 0 aliphatic heterocycles. The van der Waals surface area contributed by atoms with Crippen LogP contribution in [-0.4, -0.2) is 44.2 Å². The van der Waals surface area contributed by atoms with Gasteiger partial charge in [-0.3, -0.25) is 9.69 Å². The van der Waals surface area contributed by atoms with E-state index in [-0.39, 0.29) is 18.6 Å². The van der Waals surface area contributed by atoms with Gasteiger partial charge >= 0.3 is 0 Å². The largest absolute Gasteiger partial charge is 0.497 e. The van der Waals surface area contributed by atoms with Gasteiger partial charge in [0.25, 0.3) is 0 Å². The highest BCUT2D eigenvalue weighted by Gasteiger charge is 2.19. The van der Waals surface area contributed by atoms with E-state index in [9.17, 15) is 4.79 Å². The van der Waals surface area contributed by atoms with E-state index in [4.69, 9.17) is 14.7 Å². The summed E-state index contributed by atoms with van der Waals surface area (Å²) in [5.41, 5.74) is 1.98. The van der Waals surface area contributed by atoms with Crippen LogP contribution in [0.25, 0.3) is 6.08 Å². The summed E-state index contributed by atoms with van der Waals surface area (Å²) in [5.74, 6) is 1.27. The molecule has 158 valence electrons. The first-order valence-electron chi connectivity index (χ1n) is 10.0. The zero-order chi connectivity index (χ0) is 21.8. The number of nitriles is 1. The molecule has 0 saturated carbocycles. The van der Waals surface area contributed by atoms with Crippen molar-refractivity contribution >= 4 is 12.0 Å². The van der Waals surface area contributed by atoms with Crippen molar-refractivity contribution in [3.63, 3.8) is 0 Å². The van der Waals surface area contributed by atoms with Gasteiger partial charge in [0.15, 0.2) is 6.61 Å². The number of nitrogens with zero attached hydrogens (tertiary/aromatic N) is 2. The van der Waals surface area contributed by atoms with Crippen LogP contribution in [0.1, 0.15) is 31.0 Å². The van der Waals surface area contributed by atoms with Gasteiger partial charge in [0.05, 0.1) is 13.2 Å². The molecule has 30 heavy (non-hydrogen) atoms. The van der Waals surface area contributed by atoms with Gasteiger partial charge in [-0.1, -0.05) is 38.1 Å². The Bertz CT molecular complexity index is 868. The Labute approximate surface area is 178 Å². The van der Waals surface area contributed by atoms with E-state index < -0.39 is 0 Å². The van der Waals surface area contributed by atoms with Crippen LogP contribution in [0, 0.1) is 11.3 Å². The van der Waals surface area contributed by atoms with E-state index in [0.717, 1.165) is 30.0 Å². The number of carbonyl (C=O) groups is 1. The molecular weight excluding hydrogens is 378 g/mol. The Balaban J connectivity index is 2.01. The zero-order valence-corrected chi connectivity index (χ0v) is 17.8. The second kappa shape index (κ2) is 12.3. The van der Waals surface area contributed by atoms with E-state index in [1.54, 1.807) is 25.3 Å². The molecule has 2 aromatic rings. The van der Waals surface area contributed by atoms with Crippen LogP contribution >= 0.6 is 0 Å². The SMILES string of the molecule is CCN(CC)[C@H](CNC(=O)/C=C/c1ccc(OCC#N)cc1)c1cccc(OC)c1. The van der Waals surface area contributed by atoms with E-state index in [0.29, 0.717) is 12.3 Å². The quantitative estimate of drug-likeness (QED) is 0.574. The number of methoxy groups -OCH3 is 1. The van der Waals surface area contributed by atoms with Crippen LogP contribution in [0.5, 0.6) is 11.5 Å². The highest BCUT2D eigenvalue weighted by molar-refractivity contribution is 5.91. The summed E-state index contributed by atoms with van der Waals surface area (Å²) < 4.78 is 10.6. The number of hydrogen-bond donors (Lipinski definition) is 1. The molecule has 2 rings (SSSR count). The monoisotopic (exact) mass is 407 g/mol. The van der Waals surface area contributed by atoms with Crippen molar-refractivity contribution in [2.75, 3.05) is 33.4 Å². The second-order valence-electron chi connectivity index (χ2n) is 6.61. The van der Waals surface area contributed by atoms with Crippen molar-refractivity contribution in [1.82, 2.24) is 10.2 Å². The molecule has 0 unspecified atom stereocenters. The summed E-state index contributed by atoms with van der Waals surface area (Å²) in [7, 11) is 1.65. The van der Waals surface area contributed by atoms with Crippen LogP contribution in [-0.2, 0) is 4.79 Å². The van der Waals surface area contributed by atoms with Crippen LogP contribution < -0.4 is 14.8 Å². The summed E-state index contributed by atoms with van der Waals surface area (Å²) in [6.07, 6.45) is 3.28. The fraction of sp³-hybridized carbons (Fsp3) is 0.333. The summed E-state index contributed by atoms with van der Waals surface area (Å²) >= 11 is 0. The predicted molar refractivity (Wildman–Crippen MR) is 118 cm³/mol. The van der Waals surface area contributed by atoms with Crippen molar-refractivity contribution in [1.29, 1.82) is 5.26 Å². The Hall–Kier alpha value is -3.30. The van der Waals surface area contributed by atoms with Crippen LogP contribution in [0.3, 0.4) is 0 Å². The predicted octanol–water partition coefficient (Wildman–Crippen LogP) is 3.81. The standard InChI is InChI=1S/C24H29N3O3/c1-4-27(5-2)23(20-7-6-8-22(17-20)29-3)18-26-24(28)14-11-19-9-12-21(13-10-19)30-16-15-25/h6-14,17,23H,4-5,16,18H2,1-3H3,(H,26,28)/b14-11+/t23-/m1/s1. The third-order valence-electron chi connectivity index (χ3n) is 4.81.